The molecule has 4 nitrogen and oxygen atoms in total. The Labute approximate surface area is 87.7 Å². The van der Waals surface area contributed by atoms with Crippen molar-refractivity contribution in [3.8, 4) is 0 Å². The highest BCUT2D eigenvalue weighted by Crippen LogP contribution is 2.15. The van der Waals surface area contributed by atoms with Crippen LogP contribution in [0.5, 0.6) is 0 Å². The molecule has 76 valence electrons. The van der Waals surface area contributed by atoms with Crippen molar-refractivity contribution in [1.29, 1.82) is 0 Å². The number of carbonyl (C=O) groups excluding carboxylic acids is 1. The van der Waals surface area contributed by atoms with Crippen LogP contribution in [-0.2, 0) is 4.79 Å². The molecule has 0 bridgehead atoms. The average molecular weight is 211 g/mol. The quantitative estimate of drug-likeness (QED) is 0.699. The lowest BCUT2D eigenvalue weighted by molar-refractivity contribution is -0.123. The Hall–Kier alpha value is -1.23. The first-order valence-electron chi connectivity index (χ1n) is 4.27. The predicted molar refractivity (Wildman–Crippen MR) is 57.5 cm³/mol. The first-order valence-corrected chi connectivity index (χ1v) is 4.67. The normalized spacial score (nSPS) is 11.1. The van der Waals surface area contributed by atoms with Crippen molar-refractivity contribution in [2.45, 2.75) is 20.8 Å². The molecule has 0 saturated carbocycles. The molecular weight excluding hydrogens is 198 g/mol. The number of nitrogens with one attached hydrogen (secondary N) is 2. The monoisotopic (exact) mass is 211 g/mol. The molecule has 1 aromatic heterocycles. The van der Waals surface area contributed by atoms with Gasteiger partial charge in [0.1, 0.15) is 4.64 Å². The lowest BCUT2D eigenvalue weighted by Gasteiger charge is -2.16. The number of hydrogen-bond donors (Lipinski definition) is 2. The third-order valence-electron chi connectivity index (χ3n) is 1.60. The summed E-state index contributed by atoms with van der Waals surface area (Å²) in [5.74, 6) is 0.411. The highest BCUT2D eigenvalue weighted by molar-refractivity contribution is 7.71. The fourth-order valence-electron chi connectivity index (χ4n) is 0.718. The van der Waals surface area contributed by atoms with E-state index in [0.29, 0.717) is 10.5 Å². The minimum Gasteiger partial charge on any atom is -0.309 e. The molecule has 1 aromatic rings. The number of aromatic amines is 1. The van der Waals surface area contributed by atoms with Crippen LogP contribution < -0.4 is 5.32 Å². The summed E-state index contributed by atoms with van der Waals surface area (Å²) >= 11 is 4.83. The Morgan fingerprint density at radius 3 is 2.57 bits per heavy atom. The van der Waals surface area contributed by atoms with Crippen molar-refractivity contribution >= 4 is 23.9 Å². The number of anilines is 1. The first kappa shape index (κ1) is 10.8. The number of hydrogen-bond acceptors (Lipinski definition) is 3. The molecule has 0 unspecified atom stereocenters. The van der Waals surface area contributed by atoms with Crippen molar-refractivity contribution in [1.82, 2.24) is 10.2 Å². The topological polar surface area (TPSA) is 57.8 Å². The van der Waals surface area contributed by atoms with E-state index < -0.39 is 5.41 Å². The highest BCUT2D eigenvalue weighted by Gasteiger charge is 2.21. The largest absolute Gasteiger partial charge is 0.309 e. The molecule has 2 N–H and O–H groups in total. The highest BCUT2D eigenvalue weighted by atomic mass is 32.1. The van der Waals surface area contributed by atoms with Gasteiger partial charge in [-0.15, -0.1) is 0 Å². The molecule has 1 amide bonds. The van der Waals surface area contributed by atoms with E-state index in [1.54, 1.807) is 12.1 Å². The summed E-state index contributed by atoms with van der Waals surface area (Å²) in [5.41, 5.74) is -0.422. The van der Waals surface area contributed by atoms with Crippen LogP contribution in [0.2, 0.25) is 0 Å². The zero-order chi connectivity index (χ0) is 10.8. The molecule has 0 radical (unpaired) electrons. The summed E-state index contributed by atoms with van der Waals surface area (Å²) in [4.78, 5) is 11.5. The summed E-state index contributed by atoms with van der Waals surface area (Å²) in [5, 5.41) is 9.16. The standard InChI is InChI=1S/C9H13N3OS/c1-9(2,3)8(13)10-6-4-5-7(14)12-11-6/h4-5H,1-3H3,(H,12,14)(H,10,11,13). The Balaban J connectivity index is 2.75. The summed E-state index contributed by atoms with van der Waals surface area (Å²) < 4.78 is 0.541. The van der Waals surface area contributed by atoms with E-state index in [0.717, 1.165) is 0 Å². The van der Waals surface area contributed by atoms with Crippen LogP contribution in [0, 0.1) is 10.1 Å². The van der Waals surface area contributed by atoms with Crippen LogP contribution in [0.25, 0.3) is 0 Å². The van der Waals surface area contributed by atoms with Crippen LogP contribution in [-0.4, -0.2) is 16.1 Å². The van der Waals surface area contributed by atoms with Gasteiger partial charge in [-0.05, 0) is 12.1 Å². The molecule has 1 rings (SSSR count). The van der Waals surface area contributed by atoms with Crippen molar-refractivity contribution in [2.24, 2.45) is 5.41 Å². The second-order valence-corrected chi connectivity index (χ2v) is 4.45. The van der Waals surface area contributed by atoms with Gasteiger partial charge >= 0.3 is 0 Å². The maximum absolute atomic E-state index is 11.5. The van der Waals surface area contributed by atoms with Crippen LogP contribution in [0.1, 0.15) is 20.8 Å². The maximum Gasteiger partial charge on any atom is 0.230 e. The van der Waals surface area contributed by atoms with E-state index in [9.17, 15) is 4.79 Å². The van der Waals surface area contributed by atoms with E-state index in [-0.39, 0.29) is 5.91 Å². The number of rotatable bonds is 1. The van der Waals surface area contributed by atoms with Gasteiger partial charge in [-0.1, -0.05) is 33.0 Å². The molecule has 0 aliphatic heterocycles. The Bertz CT molecular complexity index is 371. The zero-order valence-electron chi connectivity index (χ0n) is 8.42. The number of carbonyl (C=O) groups is 1. The lowest BCUT2D eigenvalue weighted by atomic mass is 9.96. The fourth-order valence-corrected chi connectivity index (χ4v) is 0.832. The maximum atomic E-state index is 11.5. The van der Waals surface area contributed by atoms with Crippen molar-refractivity contribution in [2.75, 3.05) is 5.32 Å². The number of nitrogens with zero attached hydrogens (tertiary/aromatic N) is 1. The summed E-state index contributed by atoms with van der Waals surface area (Å²) in [7, 11) is 0. The summed E-state index contributed by atoms with van der Waals surface area (Å²) in [6.45, 7) is 5.52. The van der Waals surface area contributed by atoms with Gasteiger partial charge < -0.3 is 5.32 Å². The molecule has 0 aromatic carbocycles. The van der Waals surface area contributed by atoms with E-state index in [4.69, 9.17) is 12.2 Å². The number of amides is 1. The number of H-pyrrole nitrogens is 1. The number of aromatic nitrogens is 2. The zero-order valence-corrected chi connectivity index (χ0v) is 9.23. The molecule has 14 heavy (non-hydrogen) atoms. The van der Waals surface area contributed by atoms with E-state index >= 15 is 0 Å². The molecular formula is C9H13N3OS. The van der Waals surface area contributed by atoms with Crippen LogP contribution in [0.3, 0.4) is 0 Å². The third-order valence-corrected chi connectivity index (χ3v) is 1.83. The predicted octanol–water partition coefficient (Wildman–Crippen LogP) is 2.12. The Morgan fingerprint density at radius 1 is 1.50 bits per heavy atom. The van der Waals surface area contributed by atoms with Gasteiger partial charge in [-0.25, -0.2) is 0 Å². The van der Waals surface area contributed by atoms with Gasteiger partial charge in [0.15, 0.2) is 5.82 Å². The molecule has 1 heterocycles. The van der Waals surface area contributed by atoms with E-state index in [1.165, 1.54) is 0 Å². The Kier molecular flexibility index (Phi) is 3.00. The van der Waals surface area contributed by atoms with Crippen LogP contribution in [0.15, 0.2) is 12.1 Å². The molecule has 0 aliphatic rings. The molecule has 0 spiro atoms. The molecule has 0 aliphatic carbocycles. The van der Waals surface area contributed by atoms with Crippen molar-refractivity contribution in [3.05, 3.63) is 16.8 Å². The van der Waals surface area contributed by atoms with E-state index in [2.05, 4.69) is 15.5 Å². The van der Waals surface area contributed by atoms with Gasteiger partial charge in [0.25, 0.3) is 0 Å². The summed E-state index contributed by atoms with van der Waals surface area (Å²) in [6, 6.07) is 3.35. The van der Waals surface area contributed by atoms with Crippen LogP contribution in [0.4, 0.5) is 5.82 Å². The van der Waals surface area contributed by atoms with Gasteiger partial charge in [-0.2, -0.15) is 5.10 Å². The molecule has 5 heteroatoms. The van der Waals surface area contributed by atoms with Crippen molar-refractivity contribution < 1.29 is 4.79 Å². The molecule has 0 saturated heterocycles. The van der Waals surface area contributed by atoms with Gasteiger partial charge in [0.05, 0.1) is 0 Å². The molecule has 0 atom stereocenters. The second kappa shape index (κ2) is 3.88. The Morgan fingerprint density at radius 2 is 2.14 bits per heavy atom. The SMILES string of the molecule is CC(C)(C)C(=O)Nc1ccc(=S)[nH]n1. The fraction of sp³-hybridized carbons (Fsp3) is 0.444. The summed E-state index contributed by atoms with van der Waals surface area (Å²) in [6.07, 6.45) is 0. The minimum atomic E-state index is -0.422. The minimum absolute atomic E-state index is 0.0736. The van der Waals surface area contributed by atoms with Gasteiger partial charge in [0, 0.05) is 5.41 Å². The smallest absolute Gasteiger partial charge is 0.230 e. The van der Waals surface area contributed by atoms with Gasteiger partial charge in [0.2, 0.25) is 5.91 Å². The molecule has 0 fully saturated rings. The van der Waals surface area contributed by atoms with Crippen molar-refractivity contribution in [3.63, 3.8) is 0 Å². The third kappa shape index (κ3) is 2.92. The first-order chi connectivity index (χ1) is 6.39. The second-order valence-electron chi connectivity index (χ2n) is 4.01. The van der Waals surface area contributed by atoms with Crippen LogP contribution >= 0.6 is 12.2 Å². The van der Waals surface area contributed by atoms with Gasteiger partial charge in [-0.3, -0.25) is 9.89 Å². The lowest BCUT2D eigenvalue weighted by Crippen LogP contribution is -2.28. The van der Waals surface area contributed by atoms with E-state index in [1.807, 2.05) is 20.8 Å². The average Bonchev–Trinajstić information content (AvgIpc) is 2.07.